The third-order valence-electron chi connectivity index (χ3n) is 3.66. The minimum atomic E-state index is -4.57. The molecule has 2 N–H and O–H groups in total. The molecule has 0 unspecified atom stereocenters. The summed E-state index contributed by atoms with van der Waals surface area (Å²) >= 11 is 1.01. The summed E-state index contributed by atoms with van der Waals surface area (Å²) in [5, 5.41) is 2.65. The van der Waals surface area contributed by atoms with Crippen molar-refractivity contribution in [1.82, 2.24) is 19.5 Å². The first-order valence-electron chi connectivity index (χ1n) is 7.84. The fourth-order valence-corrected chi connectivity index (χ4v) is 3.34. The number of amides is 1. The van der Waals surface area contributed by atoms with Crippen molar-refractivity contribution in [2.24, 2.45) is 0 Å². The molecule has 0 aliphatic carbocycles. The molecule has 0 atom stereocenters. The molecule has 0 saturated heterocycles. The Morgan fingerprint density at radius 3 is 2.78 bits per heavy atom. The number of aryl methyl sites for hydroxylation is 1. The van der Waals surface area contributed by atoms with E-state index >= 15 is 0 Å². The van der Waals surface area contributed by atoms with E-state index in [0.717, 1.165) is 17.8 Å². The van der Waals surface area contributed by atoms with Crippen LogP contribution in [0.2, 0.25) is 0 Å². The fourth-order valence-electron chi connectivity index (χ4n) is 2.48. The van der Waals surface area contributed by atoms with E-state index in [9.17, 15) is 22.8 Å². The molecule has 11 heteroatoms. The lowest BCUT2D eigenvalue weighted by Crippen LogP contribution is -2.18. The SMILES string of the molecule is CCn1c(SCC(=O)Nc2ccccc2C(F)(F)F)nc2c(=O)[nH]cnc21. The predicted octanol–water partition coefficient (Wildman–Crippen LogP) is 2.89. The van der Waals surface area contributed by atoms with Crippen LogP contribution < -0.4 is 10.9 Å². The van der Waals surface area contributed by atoms with Crippen LogP contribution in [0.5, 0.6) is 0 Å². The maximum absolute atomic E-state index is 13.0. The Bertz CT molecular complexity index is 1040. The molecule has 3 rings (SSSR count). The highest BCUT2D eigenvalue weighted by Crippen LogP contribution is 2.34. The molecule has 0 bridgehead atoms. The molecule has 0 fully saturated rings. The lowest BCUT2D eigenvalue weighted by atomic mass is 10.1. The summed E-state index contributed by atoms with van der Waals surface area (Å²) in [5.41, 5.74) is -1.11. The summed E-state index contributed by atoms with van der Waals surface area (Å²) in [5.74, 6) is -0.791. The van der Waals surface area contributed by atoms with Crippen LogP contribution in [0.25, 0.3) is 11.2 Å². The van der Waals surface area contributed by atoms with E-state index in [2.05, 4.69) is 20.3 Å². The average molecular weight is 397 g/mol. The molecule has 142 valence electrons. The number of rotatable bonds is 5. The molecule has 3 aromatic rings. The van der Waals surface area contributed by atoms with Crippen LogP contribution >= 0.6 is 11.8 Å². The van der Waals surface area contributed by atoms with E-state index in [1.807, 2.05) is 6.92 Å². The van der Waals surface area contributed by atoms with Gasteiger partial charge in [0.05, 0.1) is 23.3 Å². The second kappa shape index (κ2) is 7.43. The fraction of sp³-hybridized carbons (Fsp3) is 0.250. The molecule has 1 aromatic carbocycles. The van der Waals surface area contributed by atoms with Crippen LogP contribution in [-0.4, -0.2) is 31.2 Å². The number of nitrogens with one attached hydrogen (secondary N) is 2. The van der Waals surface area contributed by atoms with Gasteiger partial charge in [0, 0.05) is 6.54 Å². The molecule has 2 heterocycles. The first-order chi connectivity index (χ1) is 12.8. The summed E-state index contributed by atoms with van der Waals surface area (Å²) in [7, 11) is 0. The molecule has 0 radical (unpaired) electrons. The second-order valence-corrected chi connectivity index (χ2v) is 6.37. The molecular formula is C16H14F3N5O2S. The van der Waals surface area contributed by atoms with E-state index in [0.29, 0.717) is 17.3 Å². The van der Waals surface area contributed by atoms with Crippen molar-refractivity contribution in [2.45, 2.75) is 24.8 Å². The second-order valence-electron chi connectivity index (χ2n) is 5.42. The molecule has 2 aromatic heterocycles. The lowest BCUT2D eigenvalue weighted by molar-refractivity contribution is -0.137. The zero-order valence-electron chi connectivity index (χ0n) is 14.0. The predicted molar refractivity (Wildman–Crippen MR) is 94.6 cm³/mol. The third-order valence-corrected chi connectivity index (χ3v) is 4.63. The maximum atomic E-state index is 13.0. The highest BCUT2D eigenvalue weighted by molar-refractivity contribution is 7.99. The normalized spacial score (nSPS) is 11.7. The number of imidazole rings is 1. The number of aromatic amines is 1. The summed E-state index contributed by atoms with van der Waals surface area (Å²) in [4.78, 5) is 34.6. The smallest absolute Gasteiger partial charge is 0.325 e. The monoisotopic (exact) mass is 397 g/mol. The summed E-state index contributed by atoms with van der Waals surface area (Å²) < 4.78 is 40.6. The van der Waals surface area contributed by atoms with Crippen molar-refractivity contribution in [3.8, 4) is 0 Å². The Labute approximate surface area is 155 Å². The number of aromatic nitrogens is 4. The molecule has 27 heavy (non-hydrogen) atoms. The van der Waals surface area contributed by atoms with Crippen molar-refractivity contribution in [2.75, 3.05) is 11.1 Å². The number of benzene rings is 1. The summed E-state index contributed by atoms with van der Waals surface area (Å²) in [6, 6.07) is 4.75. The van der Waals surface area contributed by atoms with Gasteiger partial charge in [-0.2, -0.15) is 13.2 Å². The zero-order valence-corrected chi connectivity index (χ0v) is 14.8. The number of thioether (sulfide) groups is 1. The Kier molecular flexibility index (Phi) is 5.22. The topological polar surface area (TPSA) is 92.7 Å². The standard InChI is InChI=1S/C16H14F3N5O2S/c1-2-24-13-12(14(26)21-8-20-13)23-15(24)27-7-11(25)22-10-6-4-3-5-9(10)16(17,18)19/h3-6,8H,2,7H2,1H3,(H,22,25)(H,20,21,26). The number of H-pyrrole nitrogens is 1. The van der Waals surface area contributed by atoms with E-state index in [1.165, 1.54) is 24.5 Å². The number of halogens is 3. The highest BCUT2D eigenvalue weighted by atomic mass is 32.2. The first-order valence-corrected chi connectivity index (χ1v) is 8.82. The van der Waals surface area contributed by atoms with Crippen LogP contribution in [0.3, 0.4) is 0 Å². The number of hydrogen-bond acceptors (Lipinski definition) is 5. The first kappa shape index (κ1) is 19.0. The molecule has 0 spiro atoms. The van der Waals surface area contributed by atoms with E-state index in [4.69, 9.17) is 0 Å². The summed E-state index contributed by atoms with van der Waals surface area (Å²) in [6.45, 7) is 2.29. The van der Waals surface area contributed by atoms with E-state index < -0.39 is 23.2 Å². The van der Waals surface area contributed by atoms with Gasteiger partial charge in [0.25, 0.3) is 5.56 Å². The number of alkyl halides is 3. The molecule has 0 saturated carbocycles. The highest BCUT2D eigenvalue weighted by Gasteiger charge is 2.33. The van der Waals surface area contributed by atoms with E-state index in [1.54, 1.807) is 4.57 Å². The number of carbonyl (C=O) groups excluding carboxylic acids is 1. The average Bonchev–Trinajstić information content (AvgIpc) is 2.98. The van der Waals surface area contributed by atoms with Crippen LogP contribution in [-0.2, 0) is 17.5 Å². The minimum Gasteiger partial charge on any atom is -0.325 e. The van der Waals surface area contributed by atoms with Crippen molar-refractivity contribution in [1.29, 1.82) is 0 Å². The van der Waals surface area contributed by atoms with Crippen LogP contribution in [0.4, 0.5) is 18.9 Å². The number of hydrogen-bond donors (Lipinski definition) is 2. The lowest BCUT2D eigenvalue weighted by Gasteiger charge is -2.13. The molecule has 7 nitrogen and oxygen atoms in total. The number of carbonyl (C=O) groups is 1. The van der Waals surface area contributed by atoms with Gasteiger partial charge < -0.3 is 14.9 Å². The number of anilines is 1. The van der Waals surface area contributed by atoms with Gasteiger partial charge in [-0.05, 0) is 19.1 Å². The quantitative estimate of drug-likeness (QED) is 0.646. The Morgan fingerprint density at radius 1 is 1.33 bits per heavy atom. The van der Waals surface area contributed by atoms with Crippen molar-refractivity contribution in [3.63, 3.8) is 0 Å². The van der Waals surface area contributed by atoms with Crippen LogP contribution in [0, 0.1) is 0 Å². The summed E-state index contributed by atoms with van der Waals surface area (Å²) in [6.07, 6.45) is -3.31. The largest absolute Gasteiger partial charge is 0.418 e. The van der Waals surface area contributed by atoms with Crippen molar-refractivity contribution >= 4 is 34.5 Å². The van der Waals surface area contributed by atoms with Gasteiger partial charge in [-0.3, -0.25) is 9.59 Å². The van der Waals surface area contributed by atoms with Gasteiger partial charge in [-0.15, -0.1) is 0 Å². The number of para-hydroxylation sites is 1. The zero-order chi connectivity index (χ0) is 19.6. The van der Waals surface area contributed by atoms with Gasteiger partial charge in [0.2, 0.25) is 5.91 Å². The Balaban J connectivity index is 1.77. The van der Waals surface area contributed by atoms with Gasteiger partial charge in [0.1, 0.15) is 0 Å². The van der Waals surface area contributed by atoms with Gasteiger partial charge in [-0.1, -0.05) is 23.9 Å². The minimum absolute atomic E-state index is 0.143. The van der Waals surface area contributed by atoms with E-state index in [-0.39, 0.29) is 17.0 Å². The molecular weight excluding hydrogens is 383 g/mol. The number of nitrogens with zero attached hydrogens (tertiary/aromatic N) is 3. The van der Waals surface area contributed by atoms with Crippen molar-refractivity contribution in [3.05, 3.63) is 46.5 Å². The number of fused-ring (bicyclic) bond motifs is 1. The van der Waals surface area contributed by atoms with Gasteiger partial charge >= 0.3 is 6.18 Å². The Morgan fingerprint density at radius 2 is 2.07 bits per heavy atom. The Hall–Kier alpha value is -2.82. The molecule has 0 aliphatic rings. The molecule has 0 aliphatic heterocycles. The molecule has 1 amide bonds. The van der Waals surface area contributed by atoms with Gasteiger partial charge in [0.15, 0.2) is 16.3 Å². The third kappa shape index (κ3) is 3.97. The van der Waals surface area contributed by atoms with Crippen LogP contribution in [0.1, 0.15) is 12.5 Å². The van der Waals surface area contributed by atoms with Crippen LogP contribution in [0.15, 0.2) is 40.5 Å². The maximum Gasteiger partial charge on any atom is 0.418 e. The van der Waals surface area contributed by atoms with Crippen molar-refractivity contribution < 1.29 is 18.0 Å². The van der Waals surface area contributed by atoms with Gasteiger partial charge in [-0.25, -0.2) is 9.97 Å².